The molecule has 0 bridgehead atoms. The van der Waals surface area contributed by atoms with Crippen molar-refractivity contribution in [2.45, 2.75) is 32.6 Å². The fraction of sp³-hybridized carbons (Fsp3) is 0.294. The van der Waals surface area contributed by atoms with Crippen molar-refractivity contribution >= 4 is 40.8 Å². The molecule has 0 fully saturated rings. The predicted molar refractivity (Wildman–Crippen MR) is 96.4 cm³/mol. The summed E-state index contributed by atoms with van der Waals surface area (Å²) in [6, 6.07) is 2.25. The molecule has 0 saturated heterocycles. The second-order valence-corrected chi connectivity index (χ2v) is 7.20. The predicted octanol–water partition coefficient (Wildman–Crippen LogP) is 5.12. The third kappa shape index (κ3) is 2.38. The molecule has 0 aliphatic heterocycles. The minimum Gasteiger partial charge on any atom is -0.277 e. The van der Waals surface area contributed by atoms with Crippen LogP contribution in [0, 0.1) is 6.92 Å². The molecule has 0 amide bonds. The number of rotatable bonds is 2. The maximum absolute atomic E-state index is 4.63. The van der Waals surface area contributed by atoms with Gasteiger partial charge in [-0.1, -0.05) is 18.9 Å². The van der Waals surface area contributed by atoms with Gasteiger partial charge >= 0.3 is 0 Å². The van der Waals surface area contributed by atoms with Crippen LogP contribution in [0.2, 0.25) is 0 Å². The molecule has 0 unspecified atom stereocenters. The summed E-state index contributed by atoms with van der Waals surface area (Å²) in [5.41, 5.74) is 5.68. The van der Waals surface area contributed by atoms with Crippen molar-refractivity contribution in [3.8, 4) is 11.3 Å². The van der Waals surface area contributed by atoms with Crippen molar-refractivity contribution in [2.75, 3.05) is 0 Å². The van der Waals surface area contributed by atoms with Gasteiger partial charge in [-0.25, -0.2) is 9.97 Å². The number of hydrogen-bond donors (Lipinski definition) is 1. The Kier molecular flexibility index (Phi) is 3.54. The normalized spacial score (nSPS) is 15.3. The van der Waals surface area contributed by atoms with Crippen molar-refractivity contribution in [3.63, 3.8) is 0 Å². The van der Waals surface area contributed by atoms with E-state index in [1.165, 1.54) is 30.4 Å². The zero-order valence-corrected chi connectivity index (χ0v) is 14.1. The maximum atomic E-state index is 4.63. The summed E-state index contributed by atoms with van der Waals surface area (Å²) in [5, 5.41) is 4.31. The van der Waals surface area contributed by atoms with Crippen LogP contribution in [0.1, 0.15) is 36.3 Å². The van der Waals surface area contributed by atoms with Crippen LogP contribution in [0.4, 0.5) is 0 Å². The SMILES string of the molecule is Cc1nc(-c2cn(S)c3ncc(C4=CCCCC4)cc23)cs1. The van der Waals surface area contributed by atoms with Crippen LogP contribution in [-0.4, -0.2) is 13.9 Å². The highest BCUT2D eigenvalue weighted by molar-refractivity contribution is 7.78. The fourth-order valence-electron chi connectivity index (χ4n) is 3.06. The lowest BCUT2D eigenvalue weighted by Gasteiger charge is -2.12. The van der Waals surface area contributed by atoms with E-state index in [1.54, 1.807) is 15.3 Å². The molecule has 4 rings (SSSR count). The van der Waals surface area contributed by atoms with Gasteiger partial charge in [-0.2, -0.15) is 0 Å². The van der Waals surface area contributed by atoms with Crippen molar-refractivity contribution in [1.82, 2.24) is 13.9 Å². The Morgan fingerprint density at radius 1 is 1.32 bits per heavy atom. The lowest BCUT2D eigenvalue weighted by Crippen LogP contribution is -1.93. The molecule has 3 aromatic rings. The van der Waals surface area contributed by atoms with Gasteiger partial charge in [0, 0.05) is 28.7 Å². The van der Waals surface area contributed by atoms with E-state index in [1.807, 2.05) is 19.3 Å². The average Bonchev–Trinajstić information content (AvgIpc) is 3.12. The van der Waals surface area contributed by atoms with Crippen molar-refractivity contribution in [2.24, 2.45) is 0 Å². The van der Waals surface area contributed by atoms with Gasteiger partial charge in [0.15, 0.2) is 0 Å². The molecule has 0 radical (unpaired) electrons. The Hall–Kier alpha value is -1.59. The van der Waals surface area contributed by atoms with E-state index in [9.17, 15) is 0 Å². The number of thiol groups is 1. The fourth-order valence-corrected chi connectivity index (χ4v) is 3.95. The Morgan fingerprint density at radius 3 is 2.95 bits per heavy atom. The van der Waals surface area contributed by atoms with E-state index in [0.29, 0.717) is 0 Å². The molecule has 0 N–H and O–H groups in total. The molecule has 112 valence electrons. The summed E-state index contributed by atoms with van der Waals surface area (Å²) >= 11 is 6.18. The van der Waals surface area contributed by atoms with Crippen LogP contribution in [-0.2, 0) is 0 Å². The average molecular weight is 327 g/mol. The molecule has 3 heterocycles. The second kappa shape index (κ2) is 5.56. The molecule has 5 heteroatoms. The van der Waals surface area contributed by atoms with Crippen molar-refractivity contribution in [1.29, 1.82) is 0 Å². The number of aryl methyl sites for hydroxylation is 1. The zero-order chi connectivity index (χ0) is 15.1. The third-order valence-electron chi connectivity index (χ3n) is 4.18. The first-order chi connectivity index (χ1) is 10.7. The van der Waals surface area contributed by atoms with Crippen LogP contribution in [0.5, 0.6) is 0 Å². The first kappa shape index (κ1) is 14.0. The van der Waals surface area contributed by atoms with Gasteiger partial charge in [0.25, 0.3) is 0 Å². The quantitative estimate of drug-likeness (QED) is 0.662. The van der Waals surface area contributed by atoms with Gasteiger partial charge in [-0.05, 0) is 49.8 Å². The first-order valence-electron chi connectivity index (χ1n) is 7.54. The smallest absolute Gasteiger partial charge is 0.150 e. The Morgan fingerprint density at radius 2 is 2.23 bits per heavy atom. The van der Waals surface area contributed by atoms with E-state index >= 15 is 0 Å². The standard InChI is InChI=1S/C17H17N3S2/c1-11-19-16(10-22-11)15-9-20(21)17-14(15)7-13(8-18-17)12-5-3-2-4-6-12/h5,7-10,21H,2-4,6H2,1H3. The molecule has 3 nitrogen and oxygen atoms in total. The molecule has 0 atom stereocenters. The van der Waals surface area contributed by atoms with Crippen LogP contribution in [0.3, 0.4) is 0 Å². The van der Waals surface area contributed by atoms with Gasteiger partial charge in [0.2, 0.25) is 0 Å². The molecule has 3 aromatic heterocycles. The van der Waals surface area contributed by atoms with E-state index < -0.39 is 0 Å². The Labute approximate surface area is 139 Å². The van der Waals surface area contributed by atoms with Crippen molar-refractivity contribution in [3.05, 3.63) is 40.5 Å². The summed E-state index contributed by atoms with van der Waals surface area (Å²) in [5.74, 6) is 0. The maximum Gasteiger partial charge on any atom is 0.150 e. The number of nitrogens with zero attached hydrogens (tertiary/aromatic N) is 3. The van der Waals surface area contributed by atoms with E-state index in [-0.39, 0.29) is 0 Å². The lowest BCUT2D eigenvalue weighted by atomic mass is 9.94. The number of hydrogen-bond acceptors (Lipinski definition) is 4. The molecule has 0 spiro atoms. The minimum atomic E-state index is 0.893. The highest BCUT2D eigenvalue weighted by Gasteiger charge is 2.15. The second-order valence-electron chi connectivity index (χ2n) is 5.71. The third-order valence-corrected chi connectivity index (χ3v) is 5.26. The van der Waals surface area contributed by atoms with Crippen molar-refractivity contribution < 1.29 is 0 Å². The van der Waals surface area contributed by atoms with Crippen LogP contribution >= 0.6 is 24.2 Å². The van der Waals surface area contributed by atoms with Gasteiger partial charge in [-0.15, -0.1) is 11.3 Å². The summed E-state index contributed by atoms with van der Waals surface area (Å²) in [6.07, 6.45) is 11.2. The van der Waals surface area contributed by atoms with Crippen LogP contribution < -0.4 is 0 Å². The lowest BCUT2D eigenvalue weighted by molar-refractivity contribution is 0.742. The van der Waals surface area contributed by atoms with E-state index in [2.05, 4.69) is 40.3 Å². The van der Waals surface area contributed by atoms with E-state index in [0.717, 1.165) is 33.7 Å². The van der Waals surface area contributed by atoms with Gasteiger partial charge in [0.1, 0.15) is 5.65 Å². The minimum absolute atomic E-state index is 0.893. The number of aromatic nitrogens is 3. The first-order valence-corrected chi connectivity index (χ1v) is 8.82. The topological polar surface area (TPSA) is 30.7 Å². The molecular weight excluding hydrogens is 310 g/mol. The zero-order valence-electron chi connectivity index (χ0n) is 12.4. The molecule has 0 aromatic carbocycles. The number of fused-ring (bicyclic) bond motifs is 1. The Bertz CT molecular complexity index is 873. The molecule has 1 aliphatic rings. The number of allylic oxidation sites excluding steroid dienone is 2. The summed E-state index contributed by atoms with van der Waals surface area (Å²) in [4.78, 5) is 9.25. The number of pyridine rings is 1. The van der Waals surface area contributed by atoms with Gasteiger partial charge < -0.3 is 0 Å². The van der Waals surface area contributed by atoms with Gasteiger partial charge in [0.05, 0.1) is 10.7 Å². The van der Waals surface area contributed by atoms with Crippen LogP contribution in [0.25, 0.3) is 27.9 Å². The van der Waals surface area contributed by atoms with Gasteiger partial charge in [-0.3, -0.25) is 3.97 Å². The summed E-state index contributed by atoms with van der Waals surface area (Å²) in [7, 11) is 0. The molecule has 0 saturated carbocycles. The van der Waals surface area contributed by atoms with E-state index in [4.69, 9.17) is 0 Å². The molecule has 22 heavy (non-hydrogen) atoms. The molecular formula is C17H17N3S2. The Balaban J connectivity index is 1.89. The highest BCUT2D eigenvalue weighted by atomic mass is 32.1. The monoisotopic (exact) mass is 327 g/mol. The number of thiazole rings is 1. The largest absolute Gasteiger partial charge is 0.277 e. The highest BCUT2D eigenvalue weighted by Crippen LogP contribution is 2.34. The summed E-state index contributed by atoms with van der Waals surface area (Å²) in [6.45, 7) is 2.03. The molecule has 1 aliphatic carbocycles. The van der Waals surface area contributed by atoms with Crippen LogP contribution in [0.15, 0.2) is 29.9 Å². The summed E-state index contributed by atoms with van der Waals surface area (Å²) < 4.78 is 1.79.